The van der Waals surface area contributed by atoms with Crippen molar-refractivity contribution in [3.8, 4) is 0 Å². The summed E-state index contributed by atoms with van der Waals surface area (Å²) in [6.07, 6.45) is 0. The van der Waals surface area contributed by atoms with E-state index >= 15 is 0 Å². The van der Waals surface area contributed by atoms with Gasteiger partial charge >= 0.3 is 0 Å². The molecular weight excluding hydrogens is 380 g/mol. The van der Waals surface area contributed by atoms with Crippen molar-refractivity contribution >= 4 is 38.2 Å². The highest BCUT2D eigenvalue weighted by Gasteiger charge is 2.54. The number of rotatable bonds is 6. The van der Waals surface area contributed by atoms with Gasteiger partial charge in [0.25, 0.3) is 5.17 Å². The highest BCUT2D eigenvalue weighted by Crippen LogP contribution is 2.41. The van der Waals surface area contributed by atoms with Crippen LogP contribution in [-0.2, 0) is 18.8 Å². The van der Waals surface area contributed by atoms with Gasteiger partial charge in [0, 0.05) is 6.61 Å². The minimum Gasteiger partial charge on any atom is -0.468 e. The Hall–Kier alpha value is -0.993. The average Bonchev–Trinajstić information content (AvgIpc) is 2.79. The highest BCUT2D eigenvalue weighted by molar-refractivity contribution is 7.80. The van der Waals surface area contributed by atoms with Crippen molar-refractivity contribution in [2.24, 2.45) is 23.2 Å². The Bertz CT molecular complexity index is 617. The number of carbonyl (C=O) groups excluding carboxylic acids is 2. The maximum Gasteiger partial charge on any atom is 0.266 e. The van der Waals surface area contributed by atoms with Crippen molar-refractivity contribution in [3.63, 3.8) is 0 Å². The van der Waals surface area contributed by atoms with Crippen LogP contribution in [0.1, 0.15) is 41.5 Å². The molecule has 8 heteroatoms. The first kappa shape index (κ1) is 22.3. The molecule has 0 aromatic rings. The van der Waals surface area contributed by atoms with Crippen LogP contribution >= 0.6 is 12.2 Å². The molecule has 1 N–H and O–H groups in total. The summed E-state index contributed by atoms with van der Waals surface area (Å²) in [5.41, 5.74) is -0.570. The number of ether oxygens (including phenoxy) is 1. The van der Waals surface area contributed by atoms with Gasteiger partial charge in [-0.05, 0) is 50.5 Å². The van der Waals surface area contributed by atoms with Crippen LogP contribution in [-0.4, -0.2) is 55.7 Å². The number of nitrogens with zero attached hydrogens (tertiary/aromatic N) is 1. The molecule has 0 bridgehead atoms. The van der Waals surface area contributed by atoms with Crippen molar-refractivity contribution in [2.75, 3.05) is 13.2 Å². The van der Waals surface area contributed by atoms with E-state index in [1.807, 2.05) is 20.8 Å². The van der Waals surface area contributed by atoms with E-state index in [4.69, 9.17) is 21.4 Å². The second-order valence-corrected chi connectivity index (χ2v) is 12.5. The van der Waals surface area contributed by atoms with Crippen molar-refractivity contribution < 1.29 is 18.8 Å². The summed E-state index contributed by atoms with van der Waals surface area (Å²) in [6.45, 7) is 17.3. The standard InChI is InChI=1S/C19H34N2O4SSi/c1-11(16(23)21-17(26)24-10-19(21,5)6)14-13(15(22)20-14)12(18(2,3)4)9-25-27(7)8/h11-14,27H,9-10H2,1-8H3,(H,20,22)/t11-,12-,13+,14-/m1/s1. The molecule has 27 heavy (non-hydrogen) atoms. The summed E-state index contributed by atoms with van der Waals surface area (Å²) in [7, 11) is -1.20. The zero-order chi connectivity index (χ0) is 20.7. The summed E-state index contributed by atoms with van der Waals surface area (Å²) in [5, 5.41) is 3.19. The number of hydrogen-bond acceptors (Lipinski definition) is 5. The Morgan fingerprint density at radius 2 is 2.04 bits per heavy atom. The Kier molecular flexibility index (Phi) is 6.44. The number of amides is 2. The zero-order valence-corrected chi connectivity index (χ0v) is 19.8. The quantitative estimate of drug-likeness (QED) is 0.410. The third-order valence-corrected chi connectivity index (χ3v) is 6.80. The molecule has 2 saturated heterocycles. The van der Waals surface area contributed by atoms with E-state index in [1.165, 1.54) is 0 Å². The van der Waals surface area contributed by atoms with Gasteiger partial charge in [-0.25, -0.2) is 0 Å². The van der Waals surface area contributed by atoms with Gasteiger partial charge in [0.15, 0.2) is 9.04 Å². The van der Waals surface area contributed by atoms with Crippen LogP contribution in [0.2, 0.25) is 13.1 Å². The first-order chi connectivity index (χ1) is 12.3. The largest absolute Gasteiger partial charge is 0.468 e. The topological polar surface area (TPSA) is 67.9 Å². The van der Waals surface area contributed by atoms with E-state index in [-0.39, 0.29) is 46.2 Å². The minimum absolute atomic E-state index is 0.00751. The summed E-state index contributed by atoms with van der Waals surface area (Å²) in [5.74, 6) is -0.654. The Labute approximate surface area is 170 Å². The third kappa shape index (κ3) is 4.54. The van der Waals surface area contributed by atoms with E-state index in [9.17, 15) is 9.59 Å². The van der Waals surface area contributed by atoms with Crippen LogP contribution < -0.4 is 5.32 Å². The lowest BCUT2D eigenvalue weighted by Crippen LogP contribution is -2.67. The van der Waals surface area contributed by atoms with Gasteiger partial charge in [0.2, 0.25) is 11.8 Å². The van der Waals surface area contributed by atoms with Crippen LogP contribution in [0.25, 0.3) is 0 Å². The van der Waals surface area contributed by atoms with Crippen molar-refractivity contribution in [1.29, 1.82) is 0 Å². The summed E-state index contributed by atoms with van der Waals surface area (Å²) >= 11 is 5.24. The number of hydrogen-bond donors (Lipinski definition) is 1. The van der Waals surface area contributed by atoms with Crippen molar-refractivity contribution in [1.82, 2.24) is 10.2 Å². The molecule has 0 aromatic heterocycles. The molecule has 0 radical (unpaired) electrons. The third-order valence-electron chi connectivity index (χ3n) is 5.64. The van der Waals surface area contributed by atoms with Crippen LogP contribution in [0.5, 0.6) is 0 Å². The zero-order valence-electron chi connectivity index (χ0n) is 17.8. The molecule has 2 aliphatic rings. The fraction of sp³-hybridized carbons (Fsp3) is 0.842. The maximum atomic E-state index is 13.2. The maximum absolute atomic E-state index is 13.2. The van der Waals surface area contributed by atoms with Crippen LogP contribution in [0.3, 0.4) is 0 Å². The van der Waals surface area contributed by atoms with Gasteiger partial charge in [-0.15, -0.1) is 0 Å². The molecule has 0 aromatic carbocycles. The predicted molar refractivity (Wildman–Crippen MR) is 112 cm³/mol. The average molecular weight is 415 g/mol. The Balaban J connectivity index is 2.20. The molecule has 2 amide bonds. The first-order valence-electron chi connectivity index (χ1n) is 9.70. The predicted octanol–water partition coefficient (Wildman–Crippen LogP) is 2.32. The SMILES string of the molecule is C[C@@H](C(=O)N1C(=S)OCC1(C)C)[C@H]1NC(=O)[C@H]1[C@@H](CO[SiH](C)C)C(C)(C)C. The smallest absolute Gasteiger partial charge is 0.266 e. The molecule has 154 valence electrons. The van der Waals surface area contributed by atoms with E-state index < -0.39 is 14.6 Å². The fourth-order valence-electron chi connectivity index (χ4n) is 3.83. The van der Waals surface area contributed by atoms with E-state index in [1.54, 1.807) is 4.90 Å². The summed E-state index contributed by atoms with van der Waals surface area (Å²) in [6, 6.07) is -0.217. The Morgan fingerprint density at radius 1 is 1.44 bits per heavy atom. The monoisotopic (exact) mass is 414 g/mol. The lowest BCUT2D eigenvalue weighted by atomic mass is 9.65. The number of nitrogens with one attached hydrogen (secondary N) is 1. The van der Waals surface area contributed by atoms with Gasteiger partial charge in [-0.1, -0.05) is 27.7 Å². The van der Waals surface area contributed by atoms with E-state index in [2.05, 4.69) is 39.2 Å². The molecule has 0 unspecified atom stereocenters. The number of carbonyl (C=O) groups is 2. The minimum atomic E-state index is -1.20. The lowest BCUT2D eigenvalue weighted by molar-refractivity contribution is -0.149. The molecule has 0 aliphatic carbocycles. The van der Waals surface area contributed by atoms with Crippen LogP contribution in [0.4, 0.5) is 0 Å². The highest BCUT2D eigenvalue weighted by atomic mass is 32.1. The summed E-state index contributed by atoms with van der Waals surface area (Å²) in [4.78, 5) is 27.2. The lowest BCUT2D eigenvalue weighted by Gasteiger charge is -2.49. The van der Waals surface area contributed by atoms with E-state index in [0.29, 0.717) is 13.2 Å². The summed E-state index contributed by atoms with van der Waals surface area (Å²) < 4.78 is 11.4. The number of thiocarbonyl (C=S) groups is 1. The van der Waals surface area contributed by atoms with Gasteiger partial charge in [-0.2, -0.15) is 0 Å². The molecule has 0 spiro atoms. The molecule has 4 atom stereocenters. The van der Waals surface area contributed by atoms with Gasteiger partial charge < -0.3 is 14.5 Å². The van der Waals surface area contributed by atoms with Gasteiger partial charge in [0.05, 0.1) is 23.4 Å². The Morgan fingerprint density at radius 3 is 2.44 bits per heavy atom. The molecule has 2 rings (SSSR count). The second kappa shape index (κ2) is 7.79. The van der Waals surface area contributed by atoms with Crippen LogP contribution in [0, 0.1) is 23.2 Å². The molecule has 2 aliphatic heterocycles. The second-order valence-electron chi connectivity index (χ2n) is 9.74. The molecule has 2 heterocycles. The van der Waals surface area contributed by atoms with E-state index in [0.717, 1.165) is 0 Å². The molecular formula is C19H34N2O4SSi. The van der Waals surface area contributed by atoms with Gasteiger partial charge in [-0.3, -0.25) is 14.5 Å². The van der Waals surface area contributed by atoms with Crippen molar-refractivity contribution in [2.45, 2.75) is 66.2 Å². The van der Waals surface area contributed by atoms with Crippen molar-refractivity contribution in [3.05, 3.63) is 0 Å². The first-order valence-corrected chi connectivity index (χ1v) is 12.9. The molecule has 0 saturated carbocycles. The number of β-lactam (4-membered cyclic amide) rings is 1. The molecule has 2 fully saturated rings. The van der Waals surface area contributed by atoms with Gasteiger partial charge in [0.1, 0.15) is 6.61 Å². The molecule has 6 nitrogen and oxygen atoms in total. The fourth-order valence-corrected chi connectivity index (χ4v) is 4.82. The normalized spacial score (nSPS) is 27.1. The van der Waals surface area contributed by atoms with Crippen LogP contribution in [0.15, 0.2) is 0 Å².